The number of hydrogen-bond acceptors (Lipinski definition) is 5. The number of methoxy groups -OCH3 is 1. The van der Waals surface area contributed by atoms with Gasteiger partial charge in [0, 0.05) is 31.8 Å². The van der Waals surface area contributed by atoms with Gasteiger partial charge in [0.15, 0.2) is 5.57 Å². The first-order chi connectivity index (χ1) is 13.0. The highest BCUT2D eigenvalue weighted by atomic mass is 35.5. The molecule has 2 aromatic rings. The molecule has 0 aliphatic carbocycles. The molecule has 1 amide bonds. The minimum Gasteiger partial charge on any atom is -0.385 e. The molecule has 0 spiro atoms. The van der Waals surface area contributed by atoms with Gasteiger partial charge in [-0.05, 0) is 37.1 Å². The zero-order valence-electron chi connectivity index (χ0n) is 15.1. The molecule has 2 rings (SSSR count). The predicted octanol–water partition coefficient (Wildman–Crippen LogP) is 1.24. The van der Waals surface area contributed by atoms with E-state index < -0.39 is 5.91 Å². The van der Waals surface area contributed by atoms with Crippen LogP contribution >= 0.6 is 22.9 Å². The first-order valence-corrected chi connectivity index (χ1v) is 9.59. The second kappa shape index (κ2) is 10.1. The average molecular weight is 406 g/mol. The van der Waals surface area contributed by atoms with Gasteiger partial charge in [0.2, 0.25) is 0 Å². The highest BCUT2D eigenvalue weighted by Crippen LogP contribution is 2.09. The van der Waals surface area contributed by atoms with E-state index in [9.17, 15) is 14.9 Å². The maximum absolute atomic E-state index is 12.7. The van der Waals surface area contributed by atoms with Crippen molar-refractivity contribution >= 4 is 40.5 Å². The van der Waals surface area contributed by atoms with E-state index in [2.05, 4.69) is 5.32 Å². The van der Waals surface area contributed by atoms with Gasteiger partial charge in [0.05, 0.1) is 4.53 Å². The molecule has 0 fully saturated rings. The monoisotopic (exact) mass is 405 g/mol. The highest BCUT2D eigenvalue weighted by Gasteiger charge is 2.14. The van der Waals surface area contributed by atoms with Crippen LogP contribution < -0.4 is 20.1 Å². The van der Waals surface area contributed by atoms with Crippen molar-refractivity contribution in [2.24, 2.45) is 0 Å². The second-order valence-electron chi connectivity index (χ2n) is 5.61. The van der Waals surface area contributed by atoms with Crippen LogP contribution in [0.3, 0.4) is 0 Å². The van der Waals surface area contributed by atoms with E-state index in [1.807, 2.05) is 6.07 Å². The van der Waals surface area contributed by atoms with Crippen molar-refractivity contribution in [1.29, 1.82) is 5.26 Å². The second-order valence-corrected chi connectivity index (χ2v) is 7.07. The number of halogens is 1. The summed E-state index contributed by atoms with van der Waals surface area (Å²) < 4.78 is 7.19. The van der Waals surface area contributed by atoms with Gasteiger partial charge in [-0.2, -0.15) is 5.26 Å². The van der Waals surface area contributed by atoms with Gasteiger partial charge in [-0.15, -0.1) is 11.3 Å². The summed E-state index contributed by atoms with van der Waals surface area (Å²) >= 11 is 7.02. The number of carbonyl (C=O) groups is 1. The van der Waals surface area contributed by atoms with Crippen molar-refractivity contribution in [1.82, 2.24) is 9.88 Å². The zero-order chi connectivity index (χ0) is 19.8. The summed E-state index contributed by atoms with van der Waals surface area (Å²) in [6.07, 6.45) is 2.37. The third-order valence-electron chi connectivity index (χ3n) is 3.76. The molecule has 27 heavy (non-hydrogen) atoms. The Kier molecular flexibility index (Phi) is 7.80. The number of carbonyl (C=O) groups excluding carboxylic acids is 1. The molecule has 1 aromatic carbocycles. The van der Waals surface area contributed by atoms with Crippen molar-refractivity contribution in [3.05, 3.63) is 54.4 Å². The highest BCUT2D eigenvalue weighted by molar-refractivity contribution is 7.07. The number of nitrogens with zero attached hydrogens (tertiary/aromatic N) is 2. The number of hydrogen-bond donors (Lipinski definition) is 1. The molecular weight excluding hydrogens is 386 g/mol. The molecular formula is C19H20ClN3O3S. The van der Waals surface area contributed by atoms with E-state index in [1.54, 1.807) is 44.4 Å². The molecule has 0 aliphatic heterocycles. The molecule has 1 aromatic heterocycles. The molecule has 142 valence electrons. The number of benzene rings is 1. The lowest BCUT2D eigenvalue weighted by Crippen LogP contribution is -2.34. The van der Waals surface area contributed by atoms with Gasteiger partial charge in [-0.25, -0.2) is 0 Å². The van der Waals surface area contributed by atoms with Crippen molar-refractivity contribution in [2.45, 2.75) is 19.9 Å². The average Bonchev–Trinajstić information content (AvgIpc) is 2.96. The number of ether oxygens (including phenoxy) is 1. The van der Waals surface area contributed by atoms with Crippen LogP contribution in [0.5, 0.6) is 0 Å². The third-order valence-corrected chi connectivity index (χ3v) is 5.14. The fourth-order valence-electron chi connectivity index (χ4n) is 2.41. The largest absolute Gasteiger partial charge is 0.385 e. The molecule has 6 nitrogen and oxygen atoms in total. The van der Waals surface area contributed by atoms with E-state index in [4.69, 9.17) is 16.3 Å². The fraction of sp³-hybridized carbons (Fsp3) is 0.316. The number of aromatic nitrogens is 1. The topological polar surface area (TPSA) is 84.1 Å². The van der Waals surface area contributed by atoms with Gasteiger partial charge in [-0.3, -0.25) is 14.2 Å². The number of nitrogens with one attached hydrogen (secondary N) is 1. The SMILES string of the molecule is CCn1c(=O)/c(=C/c2ccc(Cl)cc2)s/c1=C(/C#N)C(=O)NCCCOC. The van der Waals surface area contributed by atoms with E-state index in [1.165, 1.54) is 4.57 Å². The first-order valence-electron chi connectivity index (χ1n) is 8.40. The molecule has 8 heteroatoms. The molecule has 0 atom stereocenters. The lowest BCUT2D eigenvalue weighted by Gasteiger charge is -2.04. The fourth-order valence-corrected chi connectivity index (χ4v) is 3.69. The summed E-state index contributed by atoms with van der Waals surface area (Å²) in [5, 5.41) is 12.8. The van der Waals surface area contributed by atoms with Crippen molar-refractivity contribution in [3.8, 4) is 6.07 Å². The van der Waals surface area contributed by atoms with Crippen molar-refractivity contribution in [3.63, 3.8) is 0 Å². The summed E-state index contributed by atoms with van der Waals surface area (Å²) in [5.41, 5.74) is 0.523. The van der Waals surface area contributed by atoms with E-state index in [0.29, 0.717) is 40.3 Å². The molecule has 1 N–H and O–H groups in total. The molecule has 0 unspecified atom stereocenters. The van der Waals surface area contributed by atoms with Gasteiger partial charge < -0.3 is 10.1 Å². The Bertz CT molecular complexity index is 1020. The molecule has 0 saturated carbocycles. The van der Waals surface area contributed by atoms with Crippen molar-refractivity contribution < 1.29 is 9.53 Å². The predicted molar refractivity (Wildman–Crippen MR) is 107 cm³/mol. The molecule has 0 saturated heterocycles. The summed E-state index contributed by atoms with van der Waals surface area (Å²) in [6.45, 7) is 3.07. The van der Waals surface area contributed by atoms with Gasteiger partial charge in [-0.1, -0.05) is 23.7 Å². The van der Waals surface area contributed by atoms with Crippen LogP contribution in [0.2, 0.25) is 5.02 Å². The molecule has 0 aliphatic rings. The minimum atomic E-state index is -0.491. The van der Waals surface area contributed by atoms with Gasteiger partial charge in [0.25, 0.3) is 11.5 Å². The van der Waals surface area contributed by atoms with Crippen LogP contribution in [0.25, 0.3) is 11.6 Å². The lowest BCUT2D eigenvalue weighted by molar-refractivity contribution is -0.115. The molecule has 0 bridgehead atoms. The Labute approximate surface area is 166 Å². The zero-order valence-corrected chi connectivity index (χ0v) is 16.7. The maximum atomic E-state index is 12.7. The standard InChI is InChI=1S/C19H20ClN3O3S/c1-3-23-18(25)16(11-13-5-7-14(20)8-6-13)27-19(23)15(12-21)17(24)22-9-4-10-26-2/h5-8,11H,3-4,9-10H2,1-2H3,(H,22,24)/b16-11-,19-15-. The van der Waals surface area contributed by atoms with Crippen LogP contribution in [-0.4, -0.2) is 30.7 Å². The Hall–Kier alpha value is -2.40. The normalized spacial score (nSPS) is 12.6. The first kappa shape index (κ1) is 20.9. The van der Waals surface area contributed by atoms with E-state index in [0.717, 1.165) is 16.9 Å². The van der Waals surface area contributed by atoms with E-state index >= 15 is 0 Å². The summed E-state index contributed by atoms with van der Waals surface area (Å²) in [7, 11) is 1.58. The summed E-state index contributed by atoms with van der Waals surface area (Å²) in [5.74, 6) is -0.491. The van der Waals surface area contributed by atoms with Crippen LogP contribution in [0.1, 0.15) is 18.9 Å². The van der Waals surface area contributed by atoms with Crippen LogP contribution in [0.4, 0.5) is 0 Å². The Balaban J connectivity index is 2.50. The Morgan fingerprint density at radius 2 is 2.11 bits per heavy atom. The Morgan fingerprint density at radius 3 is 2.70 bits per heavy atom. The summed E-state index contributed by atoms with van der Waals surface area (Å²) in [6, 6.07) is 9.01. The summed E-state index contributed by atoms with van der Waals surface area (Å²) in [4.78, 5) is 25.1. The van der Waals surface area contributed by atoms with Crippen molar-refractivity contribution in [2.75, 3.05) is 20.3 Å². The quantitative estimate of drug-likeness (QED) is 0.702. The number of amides is 1. The van der Waals surface area contributed by atoms with Gasteiger partial charge in [0.1, 0.15) is 10.7 Å². The number of thiazole rings is 1. The van der Waals surface area contributed by atoms with Crippen LogP contribution in [-0.2, 0) is 16.1 Å². The van der Waals surface area contributed by atoms with Crippen LogP contribution in [0, 0.1) is 11.3 Å². The maximum Gasteiger partial charge on any atom is 0.269 e. The third kappa shape index (κ3) is 5.30. The van der Waals surface area contributed by atoms with Crippen LogP contribution in [0.15, 0.2) is 29.1 Å². The number of nitriles is 1. The molecule has 0 radical (unpaired) electrons. The smallest absolute Gasteiger partial charge is 0.269 e. The lowest BCUT2D eigenvalue weighted by atomic mass is 10.2. The molecule has 1 heterocycles. The van der Waals surface area contributed by atoms with Gasteiger partial charge >= 0.3 is 0 Å². The Morgan fingerprint density at radius 1 is 1.41 bits per heavy atom. The van der Waals surface area contributed by atoms with E-state index in [-0.39, 0.29) is 11.1 Å². The minimum absolute atomic E-state index is 0.0628. The number of rotatable bonds is 7.